The van der Waals surface area contributed by atoms with Gasteiger partial charge >= 0.3 is 5.97 Å². The Morgan fingerprint density at radius 1 is 1.45 bits per heavy atom. The van der Waals surface area contributed by atoms with Gasteiger partial charge in [0.2, 0.25) is 11.8 Å². The van der Waals surface area contributed by atoms with Crippen LogP contribution in [0.15, 0.2) is 28.2 Å². The van der Waals surface area contributed by atoms with Gasteiger partial charge in [-0.1, -0.05) is 6.07 Å². The Labute approximate surface area is 131 Å². The second-order valence-corrected chi connectivity index (χ2v) is 6.36. The fraction of sp³-hybridized carbons (Fsp3) is 0.400. The molecule has 2 heterocycles. The van der Waals surface area contributed by atoms with E-state index < -0.39 is 5.97 Å². The first kappa shape index (κ1) is 14.8. The molecule has 0 saturated heterocycles. The van der Waals surface area contributed by atoms with Crippen molar-refractivity contribution in [2.75, 3.05) is 0 Å². The highest BCUT2D eigenvalue weighted by atomic mass is 32.1. The Kier molecular flexibility index (Phi) is 4.24. The number of carboxylic acid groups (broad SMARTS) is 1. The largest absolute Gasteiger partial charge is 0.481 e. The van der Waals surface area contributed by atoms with E-state index in [1.54, 1.807) is 0 Å². The smallest absolute Gasteiger partial charge is 0.306 e. The number of carboxylic acids is 1. The molecule has 2 N–H and O–H groups in total. The van der Waals surface area contributed by atoms with Crippen molar-refractivity contribution in [3.8, 4) is 10.8 Å². The van der Waals surface area contributed by atoms with Gasteiger partial charge in [0, 0.05) is 6.04 Å². The Morgan fingerprint density at radius 3 is 3.00 bits per heavy atom. The number of thiophene rings is 1. The highest BCUT2D eigenvalue weighted by Crippen LogP contribution is 2.26. The van der Waals surface area contributed by atoms with E-state index in [1.807, 2.05) is 17.5 Å². The lowest BCUT2D eigenvalue weighted by Crippen LogP contribution is -2.34. The number of carbonyl (C=O) groups is 2. The van der Waals surface area contributed by atoms with Crippen LogP contribution in [-0.4, -0.2) is 28.0 Å². The molecule has 116 valence electrons. The van der Waals surface area contributed by atoms with Gasteiger partial charge in [-0.05, 0) is 30.7 Å². The fourth-order valence-electron chi connectivity index (χ4n) is 2.68. The average Bonchev–Trinajstić information content (AvgIpc) is 3.18. The first-order valence-electron chi connectivity index (χ1n) is 7.12. The van der Waals surface area contributed by atoms with Crippen molar-refractivity contribution in [3.63, 3.8) is 0 Å². The van der Waals surface area contributed by atoms with E-state index in [1.165, 1.54) is 17.6 Å². The lowest BCUT2D eigenvalue weighted by molar-refractivity contribution is -0.141. The van der Waals surface area contributed by atoms with Crippen molar-refractivity contribution < 1.29 is 19.1 Å². The monoisotopic (exact) mass is 320 g/mol. The molecular formula is C15H16N2O4S. The molecule has 0 spiro atoms. The van der Waals surface area contributed by atoms with Crippen molar-refractivity contribution >= 4 is 23.2 Å². The molecule has 1 aliphatic rings. The van der Waals surface area contributed by atoms with Gasteiger partial charge in [-0.25, -0.2) is 4.98 Å². The van der Waals surface area contributed by atoms with E-state index in [9.17, 15) is 9.59 Å². The Hall–Kier alpha value is -2.15. The molecule has 22 heavy (non-hydrogen) atoms. The molecule has 0 bridgehead atoms. The standard InChI is InChI=1S/C15H16N2O4S/c18-13(16-10-4-3-9(6-10)15(19)20)7-11-8-21-14(17-11)12-2-1-5-22-12/h1-2,5,8-10H,3-4,6-7H2,(H,16,18)(H,19,20)/t9-,10+/m1/s1. The van der Waals surface area contributed by atoms with Crippen molar-refractivity contribution in [2.24, 2.45) is 5.92 Å². The van der Waals surface area contributed by atoms with E-state index in [4.69, 9.17) is 9.52 Å². The molecule has 3 rings (SSSR count). The molecular weight excluding hydrogens is 304 g/mol. The summed E-state index contributed by atoms with van der Waals surface area (Å²) in [6.07, 6.45) is 3.46. The number of aliphatic carboxylic acids is 1. The number of nitrogens with zero attached hydrogens (tertiary/aromatic N) is 1. The minimum Gasteiger partial charge on any atom is -0.481 e. The molecule has 2 atom stereocenters. The third-order valence-electron chi connectivity index (χ3n) is 3.77. The molecule has 0 radical (unpaired) electrons. The van der Waals surface area contributed by atoms with Crippen molar-refractivity contribution in [2.45, 2.75) is 31.7 Å². The molecule has 1 fully saturated rings. The lowest BCUT2D eigenvalue weighted by Gasteiger charge is -2.11. The van der Waals surface area contributed by atoms with Crippen LogP contribution in [0.3, 0.4) is 0 Å². The highest BCUT2D eigenvalue weighted by Gasteiger charge is 2.30. The van der Waals surface area contributed by atoms with Crippen LogP contribution in [-0.2, 0) is 16.0 Å². The first-order valence-corrected chi connectivity index (χ1v) is 8.00. The quantitative estimate of drug-likeness (QED) is 0.882. The van der Waals surface area contributed by atoms with Gasteiger partial charge in [0.25, 0.3) is 0 Å². The molecule has 7 heteroatoms. The Bertz CT molecular complexity index is 665. The third kappa shape index (κ3) is 3.36. The summed E-state index contributed by atoms with van der Waals surface area (Å²) < 4.78 is 5.37. The Balaban J connectivity index is 1.53. The van der Waals surface area contributed by atoms with E-state index in [2.05, 4.69) is 10.3 Å². The van der Waals surface area contributed by atoms with Crippen molar-refractivity contribution in [1.82, 2.24) is 10.3 Å². The molecule has 0 aliphatic heterocycles. The molecule has 0 aromatic carbocycles. The normalized spacial score (nSPS) is 20.9. The number of rotatable bonds is 5. The maximum atomic E-state index is 12.0. The van der Waals surface area contributed by atoms with Crippen molar-refractivity contribution in [1.29, 1.82) is 0 Å². The summed E-state index contributed by atoms with van der Waals surface area (Å²) in [5.41, 5.74) is 0.577. The average molecular weight is 320 g/mol. The van der Waals surface area contributed by atoms with Crippen LogP contribution in [0, 0.1) is 5.92 Å². The van der Waals surface area contributed by atoms with Crippen molar-refractivity contribution in [3.05, 3.63) is 29.5 Å². The van der Waals surface area contributed by atoms with Gasteiger partial charge in [0.15, 0.2) is 0 Å². The van der Waals surface area contributed by atoms with E-state index >= 15 is 0 Å². The number of nitrogens with one attached hydrogen (secondary N) is 1. The van der Waals surface area contributed by atoms with E-state index in [0.29, 0.717) is 30.8 Å². The number of hydrogen-bond acceptors (Lipinski definition) is 5. The summed E-state index contributed by atoms with van der Waals surface area (Å²) in [5, 5.41) is 13.8. The zero-order chi connectivity index (χ0) is 15.5. The number of aromatic nitrogens is 1. The fourth-order valence-corrected chi connectivity index (χ4v) is 3.34. The van der Waals surface area contributed by atoms with Gasteiger partial charge < -0.3 is 14.8 Å². The van der Waals surface area contributed by atoms with Gasteiger partial charge in [0.05, 0.1) is 22.9 Å². The van der Waals surface area contributed by atoms with E-state index in [0.717, 1.165) is 4.88 Å². The zero-order valence-electron chi connectivity index (χ0n) is 11.8. The molecule has 1 saturated carbocycles. The van der Waals surface area contributed by atoms with Gasteiger partial charge in [-0.15, -0.1) is 11.3 Å². The van der Waals surface area contributed by atoms with Gasteiger partial charge in [-0.2, -0.15) is 0 Å². The highest BCUT2D eigenvalue weighted by molar-refractivity contribution is 7.13. The Morgan fingerprint density at radius 2 is 2.32 bits per heavy atom. The molecule has 6 nitrogen and oxygen atoms in total. The van der Waals surface area contributed by atoms with Gasteiger partial charge in [-0.3, -0.25) is 9.59 Å². The summed E-state index contributed by atoms with van der Waals surface area (Å²) >= 11 is 1.52. The summed E-state index contributed by atoms with van der Waals surface area (Å²) in [6, 6.07) is 3.76. The van der Waals surface area contributed by atoms with Crippen LogP contribution in [0.1, 0.15) is 25.0 Å². The maximum absolute atomic E-state index is 12.0. The summed E-state index contributed by atoms with van der Waals surface area (Å²) in [4.78, 5) is 28.1. The number of carbonyl (C=O) groups excluding carboxylic acids is 1. The van der Waals surface area contributed by atoms with Gasteiger partial charge in [0.1, 0.15) is 6.26 Å². The summed E-state index contributed by atoms with van der Waals surface area (Å²) in [6.45, 7) is 0. The van der Waals surface area contributed by atoms with Crippen LogP contribution in [0.5, 0.6) is 0 Å². The topological polar surface area (TPSA) is 92.4 Å². The van der Waals surface area contributed by atoms with E-state index in [-0.39, 0.29) is 24.3 Å². The molecule has 0 unspecified atom stereocenters. The van der Waals surface area contributed by atoms with Crippen LogP contribution in [0.25, 0.3) is 10.8 Å². The lowest BCUT2D eigenvalue weighted by atomic mass is 10.1. The predicted octanol–water partition coefficient (Wildman–Crippen LogP) is 2.32. The summed E-state index contributed by atoms with van der Waals surface area (Å²) in [5.74, 6) is -0.761. The van der Waals surface area contributed by atoms with Crippen LogP contribution in [0.4, 0.5) is 0 Å². The predicted molar refractivity (Wildman–Crippen MR) is 80.4 cm³/mol. The SMILES string of the molecule is O=C(Cc1coc(-c2cccs2)n1)N[C@H]1CC[C@@H](C(=O)O)C1. The maximum Gasteiger partial charge on any atom is 0.306 e. The van der Waals surface area contributed by atoms with Crippen LogP contribution < -0.4 is 5.32 Å². The number of hydrogen-bond donors (Lipinski definition) is 2. The third-order valence-corrected chi connectivity index (χ3v) is 4.63. The molecule has 1 amide bonds. The minimum atomic E-state index is -0.783. The molecule has 2 aromatic heterocycles. The summed E-state index contributed by atoms with van der Waals surface area (Å²) in [7, 11) is 0. The van der Waals surface area contributed by atoms with Crippen LogP contribution in [0.2, 0.25) is 0 Å². The second-order valence-electron chi connectivity index (χ2n) is 5.41. The zero-order valence-corrected chi connectivity index (χ0v) is 12.6. The second kappa shape index (κ2) is 6.31. The molecule has 2 aromatic rings. The van der Waals surface area contributed by atoms with Crippen LogP contribution >= 0.6 is 11.3 Å². The minimum absolute atomic E-state index is 0.0581. The number of oxazole rings is 1. The first-order chi connectivity index (χ1) is 10.6. The number of amides is 1. The molecule has 1 aliphatic carbocycles.